The third-order valence-corrected chi connectivity index (χ3v) is 4.56. The summed E-state index contributed by atoms with van der Waals surface area (Å²) in [5.41, 5.74) is -0.630. The lowest BCUT2D eigenvalue weighted by molar-refractivity contribution is 0.0562. The lowest BCUT2D eigenvalue weighted by atomic mass is 10.1. The second-order valence-electron chi connectivity index (χ2n) is 8.23. The number of carbonyl (C=O) groups is 2. The van der Waals surface area contributed by atoms with Crippen LogP contribution >= 0.6 is 0 Å². The number of imide groups is 1. The zero-order valence-electron chi connectivity index (χ0n) is 18.4. The number of aromatic nitrogens is 4. The van der Waals surface area contributed by atoms with E-state index in [1.807, 2.05) is 6.08 Å². The van der Waals surface area contributed by atoms with Crippen LogP contribution in [0.4, 0.5) is 15.0 Å². The van der Waals surface area contributed by atoms with Gasteiger partial charge in [0.2, 0.25) is 0 Å². The van der Waals surface area contributed by atoms with Gasteiger partial charge >= 0.3 is 6.09 Å². The highest BCUT2D eigenvalue weighted by Gasteiger charge is 2.33. The minimum atomic E-state index is -0.958. The van der Waals surface area contributed by atoms with Crippen LogP contribution < -0.4 is 9.64 Å². The highest BCUT2D eigenvalue weighted by atomic mass is 19.1. The van der Waals surface area contributed by atoms with Crippen molar-refractivity contribution in [3.05, 3.63) is 66.3 Å². The van der Waals surface area contributed by atoms with Crippen LogP contribution in [0.1, 0.15) is 31.1 Å². The first-order chi connectivity index (χ1) is 15.7. The molecule has 2 aromatic heterocycles. The van der Waals surface area contributed by atoms with E-state index in [1.54, 1.807) is 49.9 Å². The van der Waals surface area contributed by atoms with Crippen molar-refractivity contribution < 1.29 is 23.5 Å². The molecule has 2 bridgehead atoms. The number of fused-ring (bicyclic) bond motifs is 5. The first kappa shape index (κ1) is 22.1. The third kappa shape index (κ3) is 4.89. The molecule has 0 spiro atoms. The van der Waals surface area contributed by atoms with Crippen molar-refractivity contribution in [3.63, 3.8) is 0 Å². The fourth-order valence-corrected chi connectivity index (χ4v) is 3.16. The van der Waals surface area contributed by atoms with Crippen LogP contribution in [0.25, 0.3) is 11.5 Å². The maximum Gasteiger partial charge on any atom is 0.423 e. The normalized spacial score (nSPS) is 15.0. The van der Waals surface area contributed by atoms with E-state index in [1.165, 1.54) is 18.2 Å². The number of hydrogen-bond acceptors (Lipinski definition) is 7. The number of anilines is 1. The Morgan fingerprint density at radius 3 is 2.79 bits per heavy atom. The molecule has 0 fully saturated rings. The molecular formula is C23H22FN5O4. The van der Waals surface area contributed by atoms with E-state index in [4.69, 9.17) is 9.47 Å². The van der Waals surface area contributed by atoms with Crippen LogP contribution in [0.15, 0.2) is 54.9 Å². The molecule has 0 atom stereocenters. The van der Waals surface area contributed by atoms with Crippen molar-refractivity contribution >= 4 is 17.8 Å². The van der Waals surface area contributed by atoms with Crippen molar-refractivity contribution in [2.45, 2.75) is 32.9 Å². The number of pyridine rings is 1. The van der Waals surface area contributed by atoms with Gasteiger partial charge in [0, 0.05) is 6.54 Å². The van der Waals surface area contributed by atoms with E-state index in [2.05, 4.69) is 15.2 Å². The predicted octanol–water partition coefficient (Wildman–Crippen LogP) is 4.01. The van der Waals surface area contributed by atoms with Gasteiger partial charge in [-0.05, 0) is 57.2 Å². The highest BCUT2D eigenvalue weighted by Crippen LogP contribution is 2.27. The quantitative estimate of drug-likeness (QED) is 0.476. The van der Waals surface area contributed by atoms with Crippen LogP contribution in [-0.2, 0) is 11.3 Å². The van der Waals surface area contributed by atoms with Crippen LogP contribution in [0.5, 0.6) is 5.75 Å². The number of rotatable bonds is 0. The van der Waals surface area contributed by atoms with E-state index < -0.39 is 23.4 Å². The van der Waals surface area contributed by atoms with Gasteiger partial charge in [-0.3, -0.25) is 4.79 Å². The van der Waals surface area contributed by atoms with Gasteiger partial charge in [0.25, 0.3) is 5.91 Å². The largest absolute Gasteiger partial charge is 0.489 e. The Balaban J connectivity index is 1.90. The summed E-state index contributed by atoms with van der Waals surface area (Å²) in [5.74, 6) is -0.934. The van der Waals surface area contributed by atoms with Gasteiger partial charge in [-0.25, -0.2) is 14.2 Å². The number of carbonyl (C=O) groups excluding carboxylic acids is 2. The monoisotopic (exact) mass is 451 g/mol. The smallest absolute Gasteiger partial charge is 0.423 e. The molecule has 1 aromatic carbocycles. The summed E-state index contributed by atoms with van der Waals surface area (Å²) in [6, 6.07) is 8.35. The second kappa shape index (κ2) is 8.81. The molecule has 3 aromatic rings. The molecule has 0 saturated carbocycles. The van der Waals surface area contributed by atoms with Crippen LogP contribution in [0.3, 0.4) is 0 Å². The number of ether oxygens (including phenoxy) is 2. The second-order valence-corrected chi connectivity index (χ2v) is 8.23. The Kier molecular flexibility index (Phi) is 5.91. The lowest BCUT2D eigenvalue weighted by Gasteiger charge is -2.26. The molecule has 4 rings (SSSR count). The van der Waals surface area contributed by atoms with Gasteiger partial charge in [0.15, 0.2) is 5.82 Å². The number of amides is 2. The first-order valence-electron chi connectivity index (χ1n) is 10.2. The maximum absolute atomic E-state index is 14.1. The number of halogens is 1. The number of hydrogen-bond donors (Lipinski definition) is 0. The molecule has 9 nitrogen and oxygen atoms in total. The van der Waals surface area contributed by atoms with Crippen molar-refractivity contribution in [1.82, 2.24) is 19.7 Å². The van der Waals surface area contributed by atoms with Gasteiger partial charge < -0.3 is 14.0 Å². The Morgan fingerprint density at radius 1 is 1.18 bits per heavy atom. The predicted molar refractivity (Wildman–Crippen MR) is 117 cm³/mol. The fourth-order valence-electron chi connectivity index (χ4n) is 3.16. The molecule has 1 aliphatic rings. The topological polar surface area (TPSA) is 99.4 Å². The molecule has 33 heavy (non-hydrogen) atoms. The van der Waals surface area contributed by atoms with Crippen molar-refractivity contribution in [1.29, 1.82) is 0 Å². The van der Waals surface area contributed by atoms with Gasteiger partial charge in [-0.2, -0.15) is 4.90 Å². The summed E-state index contributed by atoms with van der Waals surface area (Å²) in [7, 11) is 0. The van der Waals surface area contributed by atoms with Gasteiger partial charge in [-0.1, -0.05) is 12.1 Å². The van der Waals surface area contributed by atoms with Crippen LogP contribution in [0.2, 0.25) is 0 Å². The molecule has 0 aliphatic carbocycles. The number of allylic oxidation sites excluding steroid dienone is 1. The van der Waals surface area contributed by atoms with Crippen molar-refractivity contribution in [2.75, 3.05) is 11.5 Å². The molecule has 2 amide bonds. The molecule has 1 aliphatic heterocycles. The molecular weight excluding hydrogens is 429 g/mol. The van der Waals surface area contributed by atoms with E-state index in [-0.39, 0.29) is 23.7 Å². The average Bonchev–Trinajstić information content (AvgIpc) is 3.21. The summed E-state index contributed by atoms with van der Waals surface area (Å²) in [5, 5.41) is 8.05. The average molecular weight is 451 g/mol. The van der Waals surface area contributed by atoms with E-state index in [0.29, 0.717) is 18.1 Å². The Labute approximate surface area is 189 Å². The standard InChI is InChI=1S/C23H22FN5O4/c1-23(2,3)33-22(31)29-19-8-6-7-17(26-19)20-27-25-14-28(20)11-4-5-12-32-18-10-9-15(24)13-16(18)21(29)30/h4-10,13-14H,11-12H2,1-3H3/b5-4+. The van der Waals surface area contributed by atoms with E-state index >= 15 is 0 Å². The highest BCUT2D eigenvalue weighted by molar-refractivity contribution is 6.19. The molecule has 0 saturated heterocycles. The minimum Gasteiger partial charge on any atom is -0.489 e. The molecule has 0 unspecified atom stereocenters. The fraction of sp³-hybridized carbons (Fsp3) is 0.261. The Bertz CT molecular complexity index is 1230. The summed E-state index contributed by atoms with van der Waals surface area (Å²) < 4.78 is 27.0. The van der Waals surface area contributed by atoms with Gasteiger partial charge in [-0.15, -0.1) is 10.2 Å². The summed E-state index contributed by atoms with van der Waals surface area (Å²) in [6.45, 7) is 5.60. The minimum absolute atomic E-state index is 0.0101. The molecule has 10 heteroatoms. The molecule has 0 radical (unpaired) electrons. The zero-order chi connectivity index (χ0) is 23.6. The Morgan fingerprint density at radius 2 is 2.00 bits per heavy atom. The Hall–Kier alpha value is -4.08. The number of nitrogens with zero attached hydrogens (tertiary/aromatic N) is 5. The first-order valence-corrected chi connectivity index (χ1v) is 10.2. The van der Waals surface area contributed by atoms with E-state index in [0.717, 1.165) is 11.0 Å². The maximum atomic E-state index is 14.1. The molecule has 0 N–H and O–H groups in total. The van der Waals surface area contributed by atoms with Crippen LogP contribution in [-0.4, -0.2) is 44.0 Å². The van der Waals surface area contributed by atoms with Crippen molar-refractivity contribution in [3.8, 4) is 17.3 Å². The summed E-state index contributed by atoms with van der Waals surface area (Å²) >= 11 is 0. The molecule has 170 valence electrons. The third-order valence-electron chi connectivity index (χ3n) is 4.56. The van der Waals surface area contributed by atoms with Crippen LogP contribution in [0, 0.1) is 5.82 Å². The van der Waals surface area contributed by atoms with Gasteiger partial charge in [0.1, 0.15) is 41.6 Å². The van der Waals surface area contributed by atoms with Crippen molar-refractivity contribution in [2.24, 2.45) is 0 Å². The summed E-state index contributed by atoms with van der Waals surface area (Å²) in [4.78, 5) is 31.9. The lowest BCUT2D eigenvalue weighted by Crippen LogP contribution is -2.41. The van der Waals surface area contributed by atoms with E-state index in [9.17, 15) is 14.0 Å². The van der Waals surface area contributed by atoms with Gasteiger partial charge in [0.05, 0.1) is 5.56 Å². The zero-order valence-corrected chi connectivity index (χ0v) is 18.4. The molecule has 3 heterocycles. The summed E-state index contributed by atoms with van der Waals surface area (Å²) in [6.07, 6.45) is 4.19. The SMILES string of the molecule is CC(C)(C)OC(=O)N1C(=O)c2cc(F)ccc2OC/C=C/Cn2cnnc2-c2cccc1n2. The number of benzene rings is 1.